The van der Waals surface area contributed by atoms with Gasteiger partial charge in [0.1, 0.15) is 5.75 Å². The Balaban J connectivity index is 1.76. The molecule has 0 radical (unpaired) electrons. The van der Waals surface area contributed by atoms with Crippen molar-refractivity contribution in [2.24, 2.45) is 5.92 Å². The van der Waals surface area contributed by atoms with Crippen LogP contribution in [0, 0.1) is 5.92 Å². The molecule has 4 nitrogen and oxygen atoms in total. The molecule has 1 fully saturated rings. The molecule has 1 aromatic rings. The van der Waals surface area contributed by atoms with E-state index >= 15 is 0 Å². The molecule has 0 aliphatic carbocycles. The van der Waals surface area contributed by atoms with Crippen LogP contribution < -0.4 is 10.3 Å². The summed E-state index contributed by atoms with van der Waals surface area (Å²) in [5.74, 6) is 1.27. The summed E-state index contributed by atoms with van der Waals surface area (Å²) in [6, 6.07) is 3.20. The van der Waals surface area contributed by atoms with Crippen molar-refractivity contribution in [2.75, 3.05) is 19.8 Å². The van der Waals surface area contributed by atoms with Crippen LogP contribution in [0.3, 0.4) is 0 Å². The highest BCUT2D eigenvalue weighted by Crippen LogP contribution is 2.14. The van der Waals surface area contributed by atoms with Gasteiger partial charge in [0, 0.05) is 18.2 Å². The Hall–Kier alpha value is -1.29. The first-order chi connectivity index (χ1) is 6.84. The number of hydrogen-bond donors (Lipinski definition) is 1. The minimum absolute atomic E-state index is 0.130. The Bertz CT molecular complexity index is 343. The maximum Gasteiger partial charge on any atom is 0.251 e. The third-order valence-corrected chi connectivity index (χ3v) is 2.25. The van der Waals surface area contributed by atoms with Gasteiger partial charge in [-0.1, -0.05) is 0 Å². The smallest absolute Gasteiger partial charge is 0.251 e. The van der Waals surface area contributed by atoms with E-state index in [1.54, 1.807) is 12.3 Å². The van der Waals surface area contributed by atoms with Crippen LogP contribution in [0.15, 0.2) is 23.1 Å². The number of H-pyrrole nitrogens is 1. The molecule has 0 amide bonds. The van der Waals surface area contributed by atoms with Gasteiger partial charge < -0.3 is 14.5 Å². The van der Waals surface area contributed by atoms with Gasteiger partial charge in [0.25, 0.3) is 5.56 Å². The van der Waals surface area contributed by atoms with Gasteiger partial charge in [-0.2, -0.15) is 0 Å². The van der Waals surface area contributed by atoms with Crippen LogP contribution in [-0.2, 0) is 4.74 Å². The number of hydrogen-bond acceptors (Lipinski definition) is 3. The molecule has 1 saturated heterocycles. The SMILES string of the molecule is O=c1cc(OCCC2COC2)cc[nH]1. The van der Waals surface area contributed by atoms with Crippen molar-refractivity contribution in [1.29, 1.82) is 0 Å². The topological polar surface area (TPSA) is 51.3 Å². The second-order valence-corrected chi connectivity index (χ2v) is 3.43. The van der Waals surface area contributed by atoms with Gasteiger partial charge >= 0.3 is 0 Å². The molecule has 1 N–H and O–H groups in total. The highest BCUT2D eigenvalue weighted by Gasteiger charge is 2.17. The highest BCUT2D eigenvalue weighted by atomic mass is 16.5. The fourth-order valence-corrected chi connectivity index (χ4v) is 1.31. The monoisotopic (exact) mass is 195 g/mol. The van der Waals surface area contributed by atoms with Gasteiger partial charge in [0.15, 0.2) is 0 Å². The lowest BCUT2D eigenvalue weighted by Gasteiger charge is -2.25. The summed E-state index contributed by atoms with van der Waals surface area (Å²) in [6.07, 6.45) is 2.58. The van der Waals surface area contributed by atoms with E-state index < -0.39 is 0 Å². The van der Waals surface area contributed by atoms with Crippen LogP contribution in [0.2, 0.25) is 0 Å². The van der Waals surface area contributed by atoms with Crippen molar-refractivity contribution in [3.05, 3.63) is 28.7 Å². The fourth-order valence-electron chi connectivity index (χ4n) is 1.31. The molecular weight excluding hydrogens is 182 g/mol. The predicted octanol–water partition coefficient (Wildman–Crippen LogP) is 0.790. The third kappa shape index (κ3) is 2.35. The lowest BCUT2D eigenvalue weighted by molar-refractivity contribution is -0.0401. The van der Waals surface area contributed by atoms with Crippen LogP contribution in [0.5, 0.6) is 5.75 Å². The van der Waals surface area contributed by atoms with Crippen molar-refractivity contribution in [3.63, 3.8) is 0 Å². The van der Waals surface area contributed by atoms with Gasteiger partial charge in [-0.25, -0.2) is 0 Å². The average molecular weight is 195 g/mol. The van der Waals surface area contributed by atoms with Gasteiger partial charge in [0.2, 0.25) is 0 Å². The van der Waals surface area contributed by atoms with Gasteiger partial charge in [-0.05, 0) is 12.5 Å². The Labute approximate surface area is 81.9 Å². The van der Waals surface area contributed by atoms with Gasteiger partial charge in [0.05, 0.1) is 19.8 Å². The highest BCUT2D eigenvalue weighted by molar-refractivity contribution is 5.16. The molecule has 14 heavy (non-hydrogen) atoms. The lowest BCUT2D eigenvalue weighted by Crippen LogP contribution is -2.28. The largest absolute Gasteiger partial charge is 0.493 e. The quantitative estimate of drug-likeness (QED) is 0.772. The zero-order valence-corrected chi connectivity index (χ0v) is 7.86. The lowest BCUT2D eigenvalue weighted by atomic mass is 10.1. The summed E-state index contributed by atoms with van der Waals surface area (Å²) >= 11 is 0. The third-order valence-electron chi connectivity index (χ3n) is 2.25. The second-order valence-electron chi connectivity index (χ2n) is 3.43. The summed E-state index contributed by atoms with van der Waals surface area (Å²) in [5, 5.41) is 0. The number of rotatable bonds is 4. The minimum Gasteiger partial charge on any atom is -0.493 e. The molecule has 1 aliphatic heterocycles. The molecule has 1 aromatic heterocycles. The summed E-state index contributed by atoms with van der Waals surface area (Å²) < 4.78 is 10.5. The predicted molar refractivity (Wildman–Crippen MR) is 51.5 cm³/mol. The normalized spacial score (nSPS) is 16.3. The van der Waals surface area contributed by atoms with Crippen molar-refractivity contribution in [2.45, 2.75) is 6.42 Å². The summed E-state index contributed by atoms with van der Waals surface area (Å²) in [4.78, 5) is 13.4. The van der Waals surface area contributed by atoms with Crippen molar-refractivity contribution >= 4 is 0 Å². The first-order valence-corrected chi connectivity index (χ1v) is 4.74. The van der Waals surface area contributed by atoms with Crippen LogP contribution in [-0.4, -0.2) is 24.8 Å². The van der Waals surface area contributed by atoms with Crippen LogP contribution in [0.1, 0.15) is 6.42 Å². The van der Waals surface area contributed by atoms with Crippen LogP contribution in [0.25, 0.3) is 0 Å². The average Bonchev–Trinajstić information content (AvgIpc) is 2.09. The summed E-state index contributed by atoms with van der Waals surface area (Å²) in [7, 11) is 0. The van der Waals surface area contributed by atoms with Crippen LogP contribution in [0.4, 0.5) is 0 Å². The summed E-state index contributed by atoms with van der Waals surface area (Å²) in [6.45, 7) is 2.34. The zero-order valence-electron chi connectivity index (χ0n) is 7.86. The van der Waals surface area contributed by atoms with Gasteiger partial charge in [-0.3, -0.25) is 4.79 Å². The molecule has 2 rings (SSSR count). The maximum atomic E-state index is 10.9. The Morgan fingerprint density at radius 1 is 1.57 bits per heavy atom. The molecule has 0 atom stereocenters. The molecule has 76 valence electrons. The maximum absolute atomic E-state index is 10.9. The number of ether oxygens (including phenoxy) is 2. The molecule has 0 saturated carbocycles. The first-order valence-electron chi connectivity index (χ1n) is 4.74. The molecule has 0 aromatic carbocycles. The van der Waals surface area contributed by atoms with E-state index in [0.717, 1.165) is 19.6 Å². The molecule has 2 heterocycles. The molecule has 0 spiro atoms. The Morgan fingerprint density at radius 2 is 2.43 bits per heavy atom. The Kier molecular flexibility index (Phi) is 2.84. The van der Waals surface area contributed by atoms with Crippen LogP contribution >= 0.6 is 0 Å². The van der Waals surface area contributed by atoms with E-state index in [-0.39, 0.29) is 5.56 Å². The van der Waals surface area contributed by atoms with E-state index in [2.05, 4.69) is 4.98 Å². The van der Waals surface area contributed by atoms with Crippen molar-refractivity contribution in [3.8, 4) is 5.75 Å². The molecule has 0 unspecified atom stereocenters. The molecule has 0 bridgehead atoms. The first kappa shape index (κ1) is 9.27. The van der Waals surface area contributed by atoms with Crippen molar-refractivity contribution in [1.82, 2.24) is 4.98 Å². The van der Waals surface area contributed by atoms with Crippen molar-refractivity contribution < 1.29 is 9.47 Å². The number of aromatic nitrogens is 1. The number of aromatic amines is 1. The van der Waals surface area contributed by atoms with E-state index in [4.69, 9.17) is 9.47 Å². The van der Waals surface area contributed by atoms with E-state index in [0.29, 0.717) is 18.3 Å². The fraction of sp³-hybridized carbons (Fsp3) is 0.500. The molecule has 4 heteroatoms. The van der Waals surface area contributed by atoms with Gasteiger partial charge in [-0.15, -0.1) is 0 Å². The number of pyridine rings is 1. The second kappa shape index (κ2) is 4.28. The summed E-state index contributed by atoms with van der Waals surface area (Å²) in [5.41, 5.74) is -0.130. The number of nitrogens with one attached hydrogen (secondary N) is 1. The minimum atomic E-state index is -0.130. The molecule has 1 aliphatic rings. The van der Waals surface area contributed by atoms with E-state index in [9.17, 15) is 4.79 Å². The standard InChI is InChI=1S/C10H13NO3/c12-10-5-9(1-3-11-10)14-4-2-8-6-13-7-8/h1,3,5,8H,2,4,6-7H2,(H,11,12). The Morgan fingerprint density at radius 3 is 3.07 bits per heavy atom. The van der Waals surface area contributed by atoms with E-state index in [1.807, 2.05) is 0 Å². The zero-order chi connectivity index (χ0) is 9.80. The van der Waals surface area contributed by atoms with E-state index in [1.165, 1.54) is 6.07 Å². The molecular formula is C10H13NO3.